The molecule has 1 aromatic rings. The molecule has 0 saturated carbocycles. The second kappa shape index (κ2) is 9.48. The minimum absolute atomic E-state index is 0.0663. The van der Waals surface area contributed by atoms with E-state index in [1.165, 1.54) is 11.8 Å². The van der Waals surface area contributed by atoms with E-state index in [-0.39, 0.29) is 18.6 Å². The summed E-state index contributed by atoms with van der Waals surface area (Å²) in [7, 11) is 0. The Hall–Kier alpha value is -2.53. The highest BCUT2D eigenvalue weighted by Crippen LogP contribution is 2.13. The van der Waals surface area contributed by atoms with E-state index in [1.807, 2.05) is 6.07 Å². The van der Waals surface area contributed by atoms with Crippen LogP contribution in [0.25, 0.3) is 0 Å². The van der Waals surface area contributed by atoms with Crippen molar-refractivity contribution in [2.45, 2.75) is 24.6 Å². The fourth-order valence-electron chi connectivity index (χ4n) is 1.70. The lowest BCUT2D eigenvalue weighted by Gasteiger charge is -2.13. The Balaban J connectivity index is 2.38. The number of hydrogen-bond acceptors (Lipinski definition) is 5. The maximum Gasteiger partial charge on any atom is 0.326 e. The molecule has 0 saturated heterocycles. The first-order valence-electron chi connectivity index (χ1n) is 6.73. The van der Waals surface area contributed by atoms with Crippen LogP contribution in [0.1, 0.15) is 24.0 Å². The number of thioether (sulfide) groups is 1. The van der Waals surface area contributed by atoms with E-state index in [4.69, 9.17) is 15.5 Å². The summed E-state index contributed by atoms with van der Waals surface area (Å²) in [6, 6.07) is 7.75. The number of benzene rings is 1. The van der Waals surface area contributed by atoms with Crippen molar-refractivity contribution < 1.29 is 24.6 Å². The molecule has 0 spiro atoms. The van der Waals surface area contributed by atoms with Crippen LogP contribution in [0.4, 0.5) is 0 Å². The van der Waals surface area contributed by atoms with E-state index >= 15 is 0 Å². The highest BCUT2D eigenvalue weighted by molar-refractivity contribution is 7.99. The monoisotopic (exact) mass is 336 g/mol. The number of carbonyl (C=O) groups excluding carboxylic acids is 1. The third kappa shape index (κ3) is 7.33. The Morgan fingerprint density at radius 1 is 1.22 bits per heavy atom. The number of nitriles is 1. The zero-order valence-electron chi connectivity index (χ0n) is 12.2. The van der Waals surface area contributed by atoms with E-state index in [0.29, 0.717) is 11.3 Å². The molecule has 0 bridgehead atoms. The third-order valence-electron chi connectivity index (χ3n) is 2.87. The third-order valence-corrected chi connectivity index (χ3v) is 3.87. The topological polar surface area (TPSA) is 127 Å². The van der Waals surface area contributed by atoms with Gasteiger partial charge in [-0.15, -0.1) is 11.8 Å². The van der Waals surface area contributed by atoms with E-state index in [2.05, 4.69) is 5.32 Å². The van der Waals surface area contributed by atoms with Gasteiger partial charge >= 0.3 is 11.9 Å². The van der Waals surface area contributed by atoms with Gasteiger partial charge in [-0.2, -0.15) is 5.26 Å². The predicted molar refractivity (Wildman–Crippen MR) is 83.8 cm³/mol. The van der Waals surface area contributed by atoms with Crippen LogP contribution in [0.2, 0.25) is 0 Å². The van der Waals surface area contributed by atoms with Crippen LogP contribution >= 0.6 is 11.8 Å². The number of carbonyl (C=O) groups is 3. The van der Waals surface area contributed by atoms with E-state index < -0.39 is 23.9 Å². The molecular formula is C15H16N2O5S. The molecule has 7 nitrogen and oxygen atoms in total. The fourth-order valence-corrected chi connectivity index (χ4v) is 2.50. The lowest BCUT2D eigenvalue weighted by molar-refractivity contribution is -0.142. The average molecular weight is 336 g/mol. The van der Waals surface area contributed by atoms with Gasteiger partial charge in [-0.1, -0.05) is 12.1 Å². The largest absolute Gasteiger partial charge is 0.481 e. The van der Waals surface area contributed by atoms with Crippen LogP contribution in [0.5, 0.6) is 0 Å². The molecule has 3 N–H and O–H groups in total. The summed E-state index contributed by atoms with van der Waals surface area (Å²) >= 11 is 1.30. The molecule has 122 valence electrons. The smallest absolute Gasteiger partial charge is 0.326 e. The zero-order chi connectivity index (χ0) is 17.2. The summed E-state index contributed by atoms with van der Waals surface area (Å²) in [5.41, 5.74) is 1.50. The molecule has 1 atom stereocenters. The molecule has 0 radical (unpaired) electrons. The summed E-state index contributed by atoms with van der Waals surface area (Å²) in [6.45, 7) is 0. The average Bonchev–Trinajstić information content (AvgIpc) is 2.51. The SMILES string of the molecule is N#Cc1ccc(CSCC(=O)NC(CCC(=O)O)C(=O)O)cc1. The molecule has 1 aromatic carbocycles. The summed E-state index contributed by atoms with van der Waals surface area (Å²) in [5.74, 6) is -2.21. The Bertz CT molecular complexity index is 609. The molecule has 23 heavy (non-hydrogen) atoms. The van der Waals surface area contributed by atoms with E-state index in [9.17, 15) is 14.4 Å². The Kier molecular flexibility index (Phi) is 7.63. The van der Waals surface area contributed by atoms with Gasteiger partial charge in [0.2, 0.25) is 5.91 Å². The number of hydrogen-bond donors (Lipinski definition) is 3. The van der Waals surface area contributed by atoms with Gasteiger partial charge < -0.3 is 15.5 Å². The van der Waals surface area contributed by atoms with Crippen molar-refractivity contribution in [3.8, 4) is 6.07 Å². The van der Waals surface area contributed by atoms with Crippen molar-refractivity contribution >= 4 is 29.6 Å². The van der Waals surface area contributed by atoms with Gasteiger partial charge in [-0.3, -0.25) is 9.59 Å². The second-order valence-corrected chi connectivity index (χ2v) is 5.68. The number of nitrogens with one attached hydrogen (secondary N) is 1. The molecule has 0 aromatic heterocycles. The molecule has 0 aliphatic carbocycles. The van der Waals surface area contributed by atoms with Crippen molar-refractivity contribution in [2.24, 2.45) is 0 Å². The van der Waals surface area contributed by atoms with Crippen molar-refractivity contribution in [1.29, 1.82) is 5.26 Å². The number of nitrogens with zero attached hydrogens (tertiary/aromatic N) is 1. The predicted octanol–water partition coefficient (Wildman–Crippen LogP) is 1.23. The van der Waals surface area contributed by atoms with Crippen LogP contribution in [-0.4, -0.2) is 39.9 Å². The maximum atomic E-state index is 11.7. The molecule has 8 heteroatoms. The number of carboxylic acid groups (broad SMARTS) is 2. The lowest BCUT2D eigenvalue weighted by Crippen LogP contribution is -2.41. The second-order valence-electron chi connectivity index (χ2n) is 4.69. The first-order chi connectivity index (χ1) is 10.9. The zero-order valence-corrected chi connectivity index (χ0v) is 13.0. The van der Waals surface area contributed by atoms with Gasteiger partial charge in [0.1, 0.15) is 6.04 Å². The number of carboxylic acids is 2. The lowest BCUT2D eigenvalue weighted by atomic mass is 10.1. The van der Waals surface area contributed by atoms with Gasteiger partial charge in [-0.05, 0) is 24.1 Å². The Morgan fingerprint density at radius 2 is 1.87 bits per heavy atom. The molecule has 1 rings (SSSR count). The minimum atomic E-state index is -1.25. The van der Waals surface area contributed by atoms with E-state index in [1.54, 1.807) is 24.3 Å². The minimum Gasteiger partial charge on any atom is -0.481 e. The fraction of sp³-hybridized carbons (Fsp3) is 0.333. The van der Waals surface area contributed by atoms with Crippen molar-refractivity contribution in [1.82, 2.24) is 5.32 Å². The Morgan fingerprint density at radius 3 is 2.39 bits per heavy atom. The maximum absolute atomic E-state index is 11.7. The highest BCUT2D eigenvalue weighted by atomic mass is 32.2. The number of rotatable bonds is 9. The molecule has 0 heterocycles. The van der Waals surface area contributed by atoms with Crippen LogP contribution in [0.15, 0.2) is 24.3 Å². The van der Waals surface area contributed by atoms with E-state index in [0.717, 1.165) is 5.56 Å². The first-order valence-corrected chi connectivity index (χ1v) is 7.88. The van der Waals surface area contributed by atoms with Gasteiger partial charge in [0.05, 0.1) is 17.4 Å². The highest BCUT2D eigenvalue weighted by Gasteiger charge is 2.20. The standard InChI is InChI=1S/C15H16N2O5S/c16-7-10-1-3-11(4-2-10)8-23-9-13(18)17-12(15(21)22)5-6-14(19)20/h1-4,12H,5-6,8-9H2,(H,17,18)(H,19,20)(H,21,22). The molecule has 0 fully saturated rings. The molecule has 0 aliphatic rings. The van der Waals surface area contributed by atoms with Crippen LogP contribution in [0, 0.1) is 11.3 Å². The molecule has 0 aliphatic heterocycles. The van der Waals surface area contributed by atoms with Crippen LogP contribution < -0.4 is 5.32 Å². The summed E-state index contributed by atoms with van der Waals surface area (Å²) in [4.78, 5) is 33.1. The molecule has 1 unspecified atom stereocenters. The summed E-state index contributed by atoms with van der Waals surface area (Å²) < 4.78 is 0. The van der Waals surface area contributed by atoms with Gasteiger partial charge in [0.15, 0.2) is 0 Å². The number of amides is 1. The number of aliphatic carboxylic acids is 2. The van der Waals surface area contributed by atoms with Crippen LogP contribution in [-0.2, 0) is 20.1 Å². The van der Waals surface area contributed by atoms with Crippen molar-refractivity contribution in [3.05, 3.63) is 35.4 Å². The van der Waals surface area contributed by atoms with Crippen molar-refractivity contribution in [2.75, 3.05) is 5.75 Å². The van der Waals surface area contributed by atoms with Crippen LogP contribution in [0.3, 0.4) is 0 Å². The normalized spacial score (nSPS) is 11.3. The van der Waals surface area contributed by atoms with Gasteiger partial charge in [0.25, 0.3) is 0 Å². The van der Waals surface area contributed by atoms with Gasteiger partial charge in [-0.25, -0.2) is 4.79 Å². The molecule has 1 amide bonds. The molecular weight excluding hydrogens is 320 g/mol. The van der Waals surface area contributed by atoms with Crippen molar-refractivity contribution in [3.63, 3.8) is 0 Å². The summed E-state index contributed by atoms with van der Waals surface area (Å²) in [5, 5.41) is 28.5. The first kappa shape index (κ1) is 18.5. The van der Waals surface area contributed by atoms with Gasteiger partial charge in [0, 0.05) is 12.2 Å². The Labute approximate surface area is 137 Å². The summed E-state index contributed by atoms with van der Waals surface area (Å²) in [6.07, 6.45) is -0.480. The quantitative estimate of drug-likeness (QED) is 0.618.